The highest BCUT2D eigenvalue weighted by molar-refractivity contribution is 7.07. The van der Waals surface area contributed by atoms with Crippen LogP contribution < -0.4 is 19.6 Å². The summed E-state index contributed by atoms with van der Waals surface area (Å²) < 4.78 is 13.5. The first-order chi connectivity index (χ1) is 16.9. The molecule has 0 fully saturated rings. The molecule has 0 unspecified atom stereocenters. The number of hydrogen-bond acceptors (Lipinski definition) is 6. The summed E-state index contributed by atoms with van der Waals surface area (Å²) in [6.45, 7) is 5.69. The Morgan fingerprint density at radius 3 is 2.71 bits per heavy atom. The lowest BCUT2D eigenvalue weighted by Crippen LogP contribution is -2.40. The first-order valence-corrected chi connectivity index (χ1v) is 12.5. The van der Waals surface area contributed by atoms with Gasteiger partial charge in [0.25, 0.3) is 5.56 Å². The molecule has 2 aliphatic rings. The highest BCUT2D eigenvalue weighted by Crippen LogP contribution is 2.32. The Bertz CT molecular complexity index is 1560. The zero-order valence-electron chi connectivity index (χ0n) is 19.4. The van der Waals surface area contributed by atoms with E-state index in [0.717, 1.165) is 22.4 Å². The molecule has 0 radical (unpaired) electrons. The van der Waals surface area contributed by atoms with Gasteiger partial charge in [-0.2, -0.15) is 0 Å². The fraction of sp³-hybridized carbons (Fsp3) is 0.222. The van der Waals surface area contributed by atoms with Crippen molar-refractivity contribution in [1.82, 2.24) is 4.57 Å². The second-order valence-electron chi connectivity index (χ2n) is 8.30. The van der Waals surface area contributed by atoms with Crippen LogP contribution in [0, 0.1) is 0 Å². The molecule has 0 saturated carbocycles. The van der Waals surface area contributed by atoms with Gasteiger partial charge in [-0.1, -0.05) is 53.3 Å². The predicted molar refractivity (Wildman–Crippen MR) is 137 cm³/mol. The molecule has 178 valence electrons. The minimum absolute atomic E-state index is 0.215. The van der Waals surface area contributed by atoms with Crippen LogP contribution in [0.5, 0.6) is 5.75 Å². The maximum absolute atomic E-state index is 13.7. The smallest absolute Gasteiger partial charge is 0.338 e. The van der Waals surface area contributed by atoms with E-state index in [1.54, 1.807) is 30.5 Å². The number of rotatable bonds is 4. The quantitative estimate of drug-likeness (QED) is 0.496. The summed E-state index contributed by atoms with van der Waals surface area (Å²) in [5.74, 6) is 0.327. The Labute approximate surface area is 211 Å². The lowest BCUT2D eigenvalue weighted by molar-refractivity contribution is -0.139. The molecular formula is C27H23ClN2O4S. The second-order valence-corrected chi connectivity index (χ2v) is 9.74. The number of halogens is 1. The van der Waals surface area contributed by atoms with Crippen LogP contribution in [0.3, 0.4) is 0 Å². The number of carbonyl (C=O) groups is 1. The van der Waals surface area contributed by atoms with Crippen LogP contribution in [0.15, 0.2) is 75.2 Å². The van der Waals surface area contributed by atoms with Crippen molar-refractivity contribution in [2.45, 2.75) is 32.9 Å². The number of benzene rings is 2. The zero-order valence-corrected chi connectivity index (χ0v) is 21.0. The van der Waals surface area contributed by atoms with Crippen molar-refractivity contribution >= 4 is 41.1 Å². The van der Waals surface area contributed by atoms with Crippen LogP contribution in [0.25, 0.3) is 12.2 Å². The van der Waals surface area contributed by atoms with Gasteiger partial charge in [0.05, 0.1) is 28.5 Å². The third-order valence-corrected chi connectivity index (χ3v) is 7.25. The van der Waals surface area contributed by atoms with Crippen molar-refractivity contribution in [3.05, 3.63) is 101 Å². The van der Waals surface area contributed by atoms with Gasteiger partial charge in [0.15, 0.2) is 4.80 Å². The summed E-state index contributed by atoms with van der Waals surface area (Å²) in [4.78, 5) is 31.8. The molecule has 2 atom stereocenters. The van der Waals surface area contributed by atoms with E-state index in [2.05, 4.69) is 4.99 Å². The van der Waals surface area contributed by atoms with Crippen molar-refractivity contribution in [2.75, 3.05) is 6.61 Å². The topological polar surface area (TPSA) is 69.9 Å². The van der Waals surface area contributed by atoms with Gasteiger partial charge in [0, 0.05) is 10.6 Å². The molecule has 3 aromatic rings. The maximum atomic E-state index is 13.7. The van der Waals surface area contributed by atoms with E-state index < -0.39 is 12.0 Å². The first kappa shape index (κ1) is 23.3. The number of fused-ring (bicyclic) bond motifs is 2. The third kappa shape index (κ3) is 4.26. The number of carbonyl (C=O) groups excluding carboxylic acids is 1. The molecule has 0 bridgehead atoms. The summed E-state index contributed by atoms with van der Waals surface area (Å²) in [6.07, 6.45) is 3.67. The monoisotopic (exact) mass is 506 g/mol. The average molecular weight is 507 g/mol. The number of esters is 1. The van der Waals surface area contributed by atoms with E-state index in [1.807, 2.05) is 55.5 Å². The van der Waals surface area contributed by atoms with Crippen molar-refractivity contribution in [3.8, 4) is 5.75 Å². The molecule has 2 aliphatic heterocycles. The second kappa shape index (κ2) is 9.32. The molecule has 0 aliphatic carbocycles. The minimum atomic E-state index is -0.667. The van der Waals surface area contributed by atoms with E-state index in [9.17, 15) is 9.59 Å². The molecule has 3 heterocycles. The Balaban J connectivity index is 1.69. The lowest BCUT2D eigenvalue weighted by atomic mass is 9.96. The van der Waals surface area contributed by atoms with Crippen molar-refractivity contribution in [1.29, 1.82) is 0 Å². The average Bonchev–Trinajstić information content (AvgIpc) is 3.13. The third-order valence-electron chi connectivity index (χ3n) is 6.01. The number of nitrogens with zero attached hydrogens (tertiary/aromatic N) is 2. The number of para-hydroxylation sites is 1. The van der Waals surface area contributed by atoms with Crippen LogP contribution in [0.4, 0.5) is 0 Å². The number of thiazole rings is 1. The van der Waals surface area contributed by atoms with Gasteiger partial charge in [-0.25, -0.2) is 9.79 Å². The molecule has 6 nitrogen and oxygen atoms in total. The Kier molecular flexibility index (Phi) is 6.21. The van der Waals surface area contributed by atoms with Crippen LogP contribution in [0.1, 0.15) is 37.9 Å². The van der Waals surface area contributed by atoms with Gasteiger partial charge in [-0.05, 0) is 62.3 Å². The fourth-order valence-corrected chi connectivity index (χ4v) is 5.50. The SMILES string of the molecule is CCOC(=O)C1=C(C)N=c2s/c(=C/C3=Cc4ccccc4O[C@@H]3C)c(=O)n2[C@H]1c1ccc(Cl)cc1. The summed E-state index contributed by atoms with van der Waals surface area (Å²) >= 11 is 7.40. The summed E-state index contributed by atoms with van der Waals surface area (Å²) in [7, 11) is 0. The Morgan fingerprint density at radius 1 is 1.23 bits per heavy atom. The lowest BCUT2D eigenvalue weighted by Gasteiger charge is -2.24. The molecule has 0 N–H and O–H groups in total. The molecule has 2 aromatic carbocycles. The van der Waals surface area contributed by atoms with E-state index in [1.165, 1.54) is 11.3 Å². The molecule has 0 saturated heterocycles. The number of hydrogen-bond donors (Lipinski definition) is 0. The van der Waals surface area contributed by atoms with Gasteiger partial charge in [-0.3, -0.25) is 9.36 Å². The van der Waals surface area contributed by atoms with E-state index in [0.29, 0.717) is 25.6 Å². The van der Waals surface area contributed by atoms with Crippen LogP contribution in [-0.4, -0.2) is 23.2 Å². The largest absolute Gasteiger partial charge is 0.485 e. The fourth-order valence-electron chi connectivity index (χ4n) is 4.32. The number of aromatic nitrogens is 1. The highest BCUT2D eigenvalue weighted by atomic mass is 35.5. The van der Waals surface area contributed by atoms with Gasteiger partial charge in [0.1, 0.15) is 11.9 Å². The summed E-state index contributed by atoms with van der Waals surface area (Å²) in [5.41, 5.74) is 3.24. The molecule has 35 heavy (non-hydrogen) atoms. The summed E-state index contributed by atoms with van der Waals surface area (Å²) in [5, 5.41) is 0.568. The van der Waals surface area contributed by atoms with Crippen LogP contribution in [0.2, 0.25) is 5.02 Å². The Hall–Kier alpha value is -3.42. The predicted octanol–water partition coefficient (Wildman–Crippen LogP) is 4.27. The summed E-state index contributed by atoms with van der Waals surface area (Å²) in [6, 6.07) is 14.2. The van der Waals surface area contributed by atoms with Gasteiger partial charge in [-0.15, -0.1) is 0 Å². The van der Waals surface area contributed by atoms with Crippen molar-refractivity contribution in [2.24, 2.45) is 4.99 Å². The maximum Gasteiger partial charge on any atom is 0.338 e. The molecule has 0 amide bonds. The molecule has 1 aromatic heterocycles. The zero-order chi connectivity index (χ0) is 24.7. The van der Waals surface area contributed by atoms with Gasteiger partial charge >= 0.3 is 5.97 Å². The van der Waals surface area contributed by atoms with Crippen molar-refractivity contribution < 1.29 is 14.3 Å². The molecule has 0 spiro atoms. The standard InChI is InChI=1S/C27H23ClN2O4S/c1-4-33-26(32)23-15(2)29-27-30(24(23)17-9-11-20(28)12-10-17)25(31)22(35-27)14-19-13-18-7-5-6-8-21(18)34-16(19)3/h5-14,16,24H,4H2,1-3H3/b22-14+/t16-,24+/m1/s1. The number of ether oxygens (including phenoxy) is 2. The highest BCUT2D eigenvalue weighted by Gasteiger charge is 2.33. The Morgan fingerprint density at radius 2 is 1.97 bits per heavy atom. The van der Waals surface area contributed by atoms with Crippen LogP contribution >= 0.6 is 22.9 Å². The van der Waals surface area contributed by atoms with E-state index in [4.69, 9.17) is 21.1 Å². The normalized spacial score (nSPS) is 19.3. The van der Waals surface area contributed by atoms with Gasteiger partial charge < -0.3 is 9.47 Å². The van der Waals surface area contributed by atoms with Crippen molar-refractivity contribution in [3.63, 3.8) is 0 Å². The molecule has 8 heteroatoms. The first-order valence-electron chi connectivity index (χ1n) is 11.3. The van der Waals surface area contributed by atoms with Gasteiger partial charge in [0.2, 0.25) is 0 Å². The van der Waals surface area contributed by atoms with Crippen LogP contribution in [-0.2, 0) is 9.53 Å². The van der Waals surface area contributed by atoms with E-state index >= 15 is 0 Å². The minimum Gasteiger partial charge on any atom is -0.485 e. The molecular weight excluding hydrogens is 484 g/mol. The molecule has 5 rings (SSSR count). The number of allylic oxidation sites excluding steroid dienone is 1. The van der Waals surface area contributed by atoms with E-state index in [-0.39, 0.29) is 18.3 Å².